The molecule has 136 valence electrons. The topological polar surface area (TPSA) is 84.8 Å². The van der Waals surface area contributed by atoms with Gasteiger partial charge in [-0.05, 0) is 67.5 Å². The normalized spacial score (nSPS) is 15.6. The van der Waals surface area contributed by atoms with Crippen LogP contribution in [0.15, 0.2) is 36.4 Å². The summed E-state index contributed by atoms with van der Waals surface area (Å²) in [5.74, 6) is 1.21. The van der Waals surface area contributed by atoms with Crippen LogP contribution in [0.5, 0.6) is 5.75 Å². The van der Waals surface area contributed by atoms with Crippen LogP contribution < -0.4 is 10.5 Å². The lowest BCUT2D eigenvalue weighted by atomic mass is 10.0. The molecule has 0 radical (unpaired) electrons. The van der Waals surface area contributed by atoms with Gasteiger partial charge in [0, 0.05) is 17.2 Å². The summed E-state index contributed by atoms with van der Waals surface area (Å²) in [6, 6.07) is 14.0. The van der Waals surface area contributed by atoms with Crippen molar-refractivity contribution in [3.05, 3.63) is 53.1 Å². The Labute approximate surface area is 162 Å². The van der Waals surface area contributed by atoms with E-state index < -0.39 is 0 Å². The number of benzene rings is 2. The fourth-order valence-corrected chi connectivity index (χ4v) is 4.19. The van der Waals surface area contributed by atoms with Crippen molar-refractivity contribution in [2.75, 3.05) is 0 Å². The zero-order valence-corrected chi connectivity index (χ0v) is 16.1. The summed E-state index contributed by atoms with van der Waals surface area (Å²) in [6.45, 7) is 3.88. The highest BCUT2D eigenvalue weighted by Gasteiger charge is 2.23. The van der Waals surface area contributed by atoms with Crippen LogP contribution in [0.3, 0.4) is 0 Å². The highest BCUT2D eigenvalue weighted by atomic mass is 32.1. The summed E-state index contributed by atoms with van der Waals surface area (Å²) in [4.78, 5) is 4.74. The van der Waals surface area contributed by atoms with Crippen LogP contribution in [0, 0.1) is 11.3 Å². The number of hydrogen-bond donors (Lipinski definition) is 1. The van der Waals surface area contributed by atoms with E-state index in [1.807, 2.05) is 32.0 Å². The first-order chi connectivity index (χ1) is 13.1. The average molecular weight is 376 g/mol. The molecule has 27 heavy (non-hydrogen) atoms. The minimum Gasteiger partial charge on any atom is -0.490 e. The van der Waals surface area contributed by atoms with Gasteiger partial charge in [-0.25, -0.2) is 4.98 Å². The van der Waals surface area contributed by atoms with Gasteiger partial charge >= 0.3 is 0 Å². The minimum atomic E-state index is 0.0125. The minimum absolute atomic E-state index is 0.0125. The maximum absolute atomic E-state index is 9.44. The lowest BCUT2D eigenvalue weighted by Gasteiger charge is -2.11. The van der Waals surface area contributed by atoms with Gasteiger partial charge in [-0.1, -0.05) is 18.2 Å². The summed E-state index contributed by atoms with van der Waals surface area (Å²) >= 11 is 1.38. The Morgan fingerprint density at radius 3 is 2.93 bits per heavy atom. The Kier molecular flexibility index (Phi) is 4.65. The molecular formula is C21H20N4OS. The number of nitriles is 1. The van der Waals surface area contributed by atoms with Crippen LogP contribution in [-0.2, 0) is 6.42 Å². The molecule has 4 rings (SSSR count). The van der Waals surface area contributed by atoms with Crippen molar-refractivity contribution in [2.45, 2.75) is 38.8 Å². The van der Waals surface area contributed by atoms with Crippen LogP contribution in [0.2, 0.25) is 0 Å². The Hall–Kier alpha value is -2.75. The van der Waals surface area contributed by atoms with E-state index in [1.165, 1.54) is 22.7 Å². The standard InChI is InChI=1S/C21H20N4OS/c1-12(2)26-19-9-6-13(10-14(19)11-22)20-24-21(27-25-20)17-5-3-4-16-15(17)7-8-18(16)23/h3-6,9-10,12,18H,7-8,23H2,1-2H3/t18-/m1/s1. The van der Waals surface area contributed by atoms with Crippen molar-refractivity contribution in [2.24, 2.45) is 5.73 Å². The molecule has 0 bridgehead atoms. The van der Waals surface area contributed by atoms with Crippen molar-refractivity contribution in [3.63, 3.8) is 0 Å². The number of fused-ring (bicyclic) bond motifs is 1. The van der Waals surface area contributed by atoms with Gasteiger partial charge in [-0.3, -0.25) is 0 Å². The monoisotopic (exact) mass is 376 g/mol. The third-order valence-corrected chi connectivity index (χ3v) is 5.44. The molecule has 2 aromatic carbocycles. The lowest BCUT2D eigenvalue weighted by molar-refractivity contribution is 0.242. The molecule has 0 amide bonds. The molecule has 0 saturated carbocycles. The van der Waals surface area contributed by atoms with Crippen molar-refractivity contribution < 1.29 is 4.74 Å². The third-order valence-electron chi connectivity index (χ3n) is 4.69. The molecule has 0 fully saturated rings. The van der Waals surface area contributed by atoms with E-state index in [1.54, 1.807) is 6.07 Å². The molecule has 1 atom stereocenters. The molecule has 0 unspecified atom stereocenters. The number of rotatable bonds is 4. The van der Waals surface area contributed by atoms with E-state index in [2.05, 4.69) is 22.6 Å². The average Bonchev–Trinajstić information content (AvgIpc) is 3.29. The van der Waals surface area contributed by atoms with E-state index in [0.29, 0.717) is 17.1 Å². The fraction of sp³-hybridized carbons (Fsp3) is 0.286. The van der Waals surface area contributed by atoms with E-state index in [4.69, 9.17) is 15.5 Å². The summed E-state index contributed by atoms with van der Waals surface area (Å²) in [5, 5.41) is 10.3. The van der Waals surface area contributed by atoms with Crippen molar-refractivity contribution >= 4 is 11.5 Å². The smallest absolute Gasteiger partial charge is 0.173 e. The van der Waals surface area contributed by atoms with Crippen LogP contribution in [0.1, 0.15) is 43.0 Å². The van der Waals surface area contributed by atoms with Crippen LogP contribution in [-0.4, -0.2) is 15.5 Å². The quantitative estimate of drug-likeness (QED) is 0.726. The van der Waals surface area contributed by atoms with E-state index in [9.17, 15) is 5.26 Å². The van der Waals surface area contributed by atoms with Gasteiger partial charge < -0.3 is 10.5 Å². The molecule has 0 saturated heterocycles. The van der Waals surface area contributed by atoms with Crippen LogP contribution in [0.25, 0.3) is 22.0 Å². The lowest BCUT2D eigenvalue weighted by Crippen LogP contribution is -2.06. The van der Waals surface area contributed by atoms with E-state index in [-0.39, 0.29) is 12.1 Å². The molecule has 0 spiro atoms. The molecule has 1 aliphatic rings. The van der Waals surface area contributed by atoms with Crippen molar-refractivity contribution in [3.8, 4) is 33.8 Å². The van der Waals surface area contributed by atoms with E-state index in [0.717, 1.165) is 29.0 Å². The maximum atomic E-state index is 9.44. The van der Waals surface area contributed by atoms with Gasteiger partial charge in [-0.2, -0.15) is 9.64 Å². The number of nitrogens with zero attached hydrogens (tertiary/aromatic N) is 3. The summed E-state index contributed by atoms with van der Waals surface area (Å²) in [7, 11) is 0. The predicted molar refractivity (Wildman–Crippen MR) is 107 cm³/mol. The maximum Gasteiger partial charge on any atom is 0.173 e. The number of aromatic nitrogens is 2. The first-order valence-electron chi connectivity index (χ1n) is 8.99. The predicted octanol–water partition coefficient (Wildman–Crippen LogP) is 4.48. The summed E-state index contributed by atoms with van der Waals surface area (Å²) in [6.07, 6.45) is 1.96. The van der Waals surface area contributed by atoms with Crippen molar-refractivity contribution in [1.82, 2.24) is 9.36 Å². The zero-order chi connectivity index (χ0) is 19.0. The number of nitrogens with two attached hydrogens (primary N) is 1. The zero-order valence-electron chi connectivity index (χ0n) is 15.3. The molecule has 2 N–H and O–H groups in total. The molecule has 5 nitrogen and oxygen atoms in total. The van der Waals surface area contributed by atoms with Gasteiger partial charge in [0.1, 0.15) is 16.8 Å². The number of ether oxygens (including phenoxy) is 1. The second-order valence-electron chi connectivity index (χ2n) is 6.93. The first kappa shape index (κ1) is 17.7. The Morgan fingerprint density at radius 1 is 1.30 bits per heavy atom. The van der Waals surface area contributed by atoms with Gasteiger partial charge in [0.25, 0.3) is 0 Å². The van der Waals surface area contributed by atoms with Gasteiger partial charge in [0.2, 0.25) is 0 Å². The summed E-state index contributed by atoms with van der Waals surface area (Å²) < 4.78 is 10.2. The molecule has 0 aliphatic heterocycles. The molecule has 3 aromatic rings. The second kappa shape index (κ2) is 7.10. The van der Waals surface area contributed by atoms with Gasteiger partial charge in [0.05, 0.1) is 11.7 Å². The largest absolute Gasteiger partial charge is 0.490 e. The van der Waals surface area contributed by atoms with E-state index >= 15 is 0 Å². The van der Waals surface area contributed by atoms with Crippen LogP contribution in [0.4, 0.5) is 0 Å². The SMILES string of the molecule is CC(C)Oc1ccc(-c2nsc(-c3cccc4c3CC[C@H]4N)n2)cc1C#N. The van der Waals surface area contributed by atoms with Crippen LogP contribution >= 0.6 is 11.5 Å². The highest BCUT2D eigenvalue weighted by molar-refractivity contribution is 7.09. The molecule has 6 heteroatoms. The Balaban J connectivity index is 1.69. The second-order valence-corrected chi connectivity index (χ2v) is 7.68. The Bertz CT molecular complexity index is 1030. The fourth-order valence-electron chi connectivity index (χ4n) is 3.45. The summed E-state index contributed by atoms with van der Waals surface area (Å²) in [5.41, 5.74) is 11.1. The first-order valence-corrected chi connectivity index (χ1v) is 9.76. The molecule has 1 aromatic heterocycles. The van der Waals surface area contributed by atoms with Crippen molar-refractivity contribution in [1.29, 1.82) is 5.26 Å². The molecular weight excluding hydrogens is 356 g/mol. The molecule has 1 heterocycles. The third kappa shape index (κ3) is 3.32. The van der Waals surface area contributed by atoms with Gasteiger partial charge in [-0.15, -0.1) is 0 Å². The number of hydrogen-bond acceptors (Lipinski definition) is 6. The molecule has 1 aliphatic carbocycles. The highest BCUT2D eigenvalue weighted by Crippen LogP contribution is 2.38. The van der Waals surface area contributed by atoms with Gasteiger partial charge in [0.15, 0.2) is 5.82 Å². The Morgan fingerprint density at radius 2 is 2.15 bits per heavy atom.